The summed E-state index contributed by atoms with van der Waals surface area (Å²) in [5.74, 6) is 0. The fourth-order valence-electron chi connectivity index (χ4n) is 1.69. The van der Waals surface area contributed by atoms with Crippen LogP contribution in [0.25, 0.3) is 0 Å². The fraction of sp³-hybridized carbons (Fsp3) is 0.714. The third kappa shape index (κ3) is 5.33. The van der Waals surface area contributed by atoms with Crippen molar-refractivity contribution in [1.29, 1.82) is 5.26 Å². The number of aromatic nitrogens is 2. The van der Waals surface area contributed by atoms with Crippen molar-refractivity contribution in [2.75, 3.05) is 0 Å². The molecule has 0 bridgehead atoms. The second-order valence-corrected chi connectivity index (χ2v) is 5.74. The van der Waals surface area contributed by atoms with Gasteiger partial charge in [0.2, 0.25) is 0 Å². The second-order valence-electron chi connectivity index (χ2n) is 5.74. The Morgan fingerprint density at radius 1 is 1.50 bits per heavy atom. The number of hydrogen-bond donors (Lipinski definition) is 1. The van der Waals surface area contributed by atoms with Crippen LogP contribution in [0.2, 0.25) is 0 Å². The molecule has 0 saturated heterocycles. The number of imidazole rings is 1. The number of hydrogen-bond acceptors (Lipinski definition) is 3. The Hall–Kier alpha value is -1.34. The third-order valence-corrected chi connectivity index (χ3v) is 2.90. The van der Waals surface area contributed by atoms with Crippen LogP contribution < -0.4 is 5.32 Å². The zero-order valence-electron chi connectivity index (χ0n) is 11.9. The van der Waals surface area contributed by atoms with Gasteiger partial charge in [0.15, 0.2) is 0 Å². The molecule has 4 heteroatoms. The normalized spacial score (nSPS) is 11.8. The topological polar surface area (TPSA) is 53.6 Å². The molecule has 1 rings (SSSR count). The molecule has 4 nitrogen and oxygen atoms in total. The van der Waals surface area contributed by atoms with Crippen LogP contribution in [0.5, 0.6) is 0 Å². The summed E-state index contributed by atoms with van der Waals surface area (Å²) in [6, 6.07) is 2.81. The highest BCUT2D eigenvalue weighted by Gasteiger charge is 2.15. The number of aryl methyl sites for hydroxylation is 1. The van der Waals surface area contributed by atoms with Crippen molar-refractivity contribution < 1.29 is 0 Å². The molecule has 0 spiro atoms. The highest BCUT2D eigenvalue weighted by atomic mass is 15.0. The van der Waals surface area contributed by atoms with Crippen LogP contribution >= 0.6 is 0 Å². The average Bonchev–Trinajstić information content (AvgIpc) is 2.74. The molecule has 0 aliphatic heterocycles. The molecule has 0 unspecified atom stereocenters. The number of nitrogens with zero attached hydrogens (tertiary/aromatic N) is 3. The summed E-state index contributed by atoms with van der Waals surface area (Å²) in [6.07, 6.45) is 5.88. The van der Waals surface area contributed by atoms with E-state index in [0.717, 1.165) is 31.6 Å². The molecule has 0 atom stereocenters. The van der Waals surface area contributed by atoms with E-state index in [1.54, 1.807) is 0 Å². The van der Waals surface area contributed by atoms with Gasteiger partial charge in [-0.05, 0) is 26.7 Å². The predicted octanol–water partition coefficient (Wildman–Crippen LogP) is 2.71. The van der Waals surface area contributed by atoms with Crippen molar-refractivity contribution >= 4 is 0 Å². The van der Waals surface area contributed by atoms with Crippen LogP contribution in [-0.4, -0.2) is 15.6 Å². The van der Waals surface area contributed by atoms with Crippen molar-refractivity contribution in [2.45, 2.75) is 59.7 Å². The molecule has 0 aromatic carbocycles. The van der Waals surface area contributed by atoms with Gasteiger partial charge in [0.25, 0.3) is 0 Å². The average molecular weight is 248 g/mol. The Labute approximate surface area is 110 Å². The van der Waals surface area contributed by atoms with Crippen molar-refractivity contribution in [3.05, 3.63) is 18.2 Å². The van der Waals surface area contributed by atoms with Gasteiger partial charge in [-0.25, -0.2) is 4.98 Å². The summed E-state index contributed by atoms with van der Waals surface area (Å²) < 4.78 is 2.10. The van der Waals surface area contributed by atoms with E-state index in [4.69, 9.17) is 5.26 Å². The van der Waals surface area contributed by atoms with Crippen molar-refractivity contribution in [1.82, 2.24) is 14.9 Å². The Morgan fingerprint density at radius 2 is 2.22 bits per heavy atom. The van der Waals surface area contributed by atoms with Crippen molar-refractivity contribution in [2.24, 2.45) is 5.41 Å². The first kappa shape index (κ1) is 14.7. The van der Waals surface area contributed by atoms with E-state index in [0.29, 0.717) is 6.04 Å². The van der Waals surface area contributed by atoms with Crippen LogP contribution in [0, 0.1) is 16.7 Å². The van der Waals surface area contributed by atoms with Crippen LogP contribution in [-0.2, 0) is 13.1 Å². The first-order valence-electron chi connectivity index (χ1n) is 6.58. The van der Waals surface area contributed by atoms with E-state index in [1.165, 1.54) is 0 Å². The monoisotopic (exact) mass is 248 g/mol. The maximum Gasteiger partial charge on any atom is 0.0949 e. The second kappa shape index (κ2) is 6.55. The van der Waals surface area contributed by atoms with Gasteiger partial charge < -0.3 is 9.88 Å². The molecule has 1 heterocycles. The Bertz CT molecular complexity index is 398. The molecule has 1 aromatic rings. The minimum Gasteiger partial charge on any atom is -0.337 e. The third-order valence-electron chi connectivity index (χ3n) is 2.90. The largest absolute Gasteiger partial charge is 0.337 e. The first-order chi connectivity index (χ1) is 8.43. The van der Waals surface area contributed by atoms with Gasteiger partial charge in [0, 0.05) is 25.3 Å². The van der Waals surface area contributed by atoms with E-state index in [1.807, 2.05) is 20.2 Å². The van der Waals surface area contributed by atoms with Gasteiger partial charge in [-0.3, -0.25) is 0 Å². The van der Waals surface area contributed by atoms with Gasteiger partial charge in [-0.1, -0.05) is 13.8 Å². The standard InChI is InChI=1S/C14H24N4/c1-12(2)16-8-13-9-18(11-17-13)7-5-6-14(3,4)10-15/h9,11-12,16H,5-8H2,1-4H3. The van der Waals surface area contributed by atoms with E-state index < -0.39 is 0 Å². The minimum absolute atomic E-state index is 0.220. The molecule has 0 aliphatic rings. The van der Waals surface area contributed by atoms with Gasteiger partial charge in [-0.2, -0.15) is 5.26 Å². The van der Waals surface area contributed by atoms with Gasteiger partial charge in [0.05, 0.1) is 23.5 Å². The Morgan fingerprint density at radius 3 is 2.83 bits per heavy atom. The lowest BCUT2D eigenvalue weighted by Crippen LogP contribution is -2.21. The van der Waals surface area contributed by atoms with E-state index in [-0.39, 0.29) is 5.41 Å². The molecule has 0 radical (unpaired) electrons. The van der Waals surface area contributed by atoms with Gasteiger partial charge in [-0.15, -0.1) is 0 Å². The quantitative estimate of drug-likeness (QED) is 0.807. The van der Waals surface area contributed by atoms with Crippen LogP contribution in [0.4, 0.5) is 0 Å². The molecule has 100 valence electrons. The van der Waals surface area contributed by atoms with E-state index in [2.05, 4.69) is 41.0 Å². The Kier molecular flexibility index (Phi) is 5.36. The lowest BCUT2D eigenvalue weighted by molar-refractivity contribution is 0.415. The highest BCUT2D eigenvalue weighted by Crippen LogP contribution is 2.20. The number of rotatable bonds is 7. The zero-order valence-corrected chi connectivity index (χ0v) is 11.9. The molecule has 0 amide bonds. The summed E-state index contributed by atoms with van der Waals surface area (Å²) in [5, 5.41) is 12.3. The highest BCUT2D eigenvalue weighted by molar-refractivity contribution is 4.96. The lowest BCUT2D eigenvalue weighted by atomic mass is 9.90. The number of nitrogens with one attached hydrogen (secondary N) is 1. The number of nitriles is 1. The minimum atomic E-state index is -0.220. The predicted molar refractivity (Wildman–Crippen MR) is 72.8 cm³/mol. The molecule has 0 saturated carbocycles. The van der Waals surface area contributed by atoms with E-state index >= 15 is 0 Å². The molecule has 1 aromatic heterocycles. The zero-order chi connectivity index (χ0) is 13.6. The van der Waals surface area contributed by atoms with Crippen LogP contribution in [0.1, 0.15) is 46.2 Å². The molecule has 0 fully saturated rings. The van der Waals surface area contributed by atoms with Crippen LogP contribution in [0.15, 0.2) is 12.5 Å². The molecular weight excluding hydrogens is 224 g/mol. The van der Waals surface area contributed by atoms with Crippen molar-refractivity contribution in [3.8, 4) is 6.07 Å². The SMILES string of the molecule is CC(C)NCc1cn(CCCC(C)(C)C#N)cn1. The summed E-state index contributed by atoms with van der Waals surface area (Å²) in [6.45, 7) is 9.97. The lowest BCUT2D eigenvalue weighted by Gasteiger charge is -2.14. The maximum absolute atomic E-state index is 8.94. The summed E-state index contributed by atoms with van der Waals surface area (Å²) in [7, 11) is 0. The van der Waals surface area contributed by atoms with Gasteiger partial charge in [0.1, 0.15) is 0 Å². The summed E-state index contributed by atoms with van der Waals surface area (Å²) in [5.41, 5.74) is 0.853. The maximum atomic E-state index is 8.94. The molecule has 18 heavy (non-hydrogen) atoms. The first-order valence-corrected chi connectivity index (χ1v) is 6.58. The molecule has 1 N–H and O–H groups in total. The summed E-state index contributed by atoms with van der Waals surface area (Å²) >= 11 is 0. The fourth-order valence-corrected chi connectivity index (χ4v) is 1.69. The van der Waals surface area contributed by atoms with Crippen LogP contribution in [0.3, 0.4) is 0 Å². The Balaban J connectivity index is 2.34. The smallest absolute Gasteiger partial charge is 0.0949 e. The summed E-state index contributed by atoms with van der Waals surface area (Å²) in [4.78, 5) is 4.36. The van der Waals surface area contributed by atoms with E-state index in [9.17, 15) is 0 Å². The van der Waals surface area contributed by atoms with Crippen molar-refractivity contribution in [3.63, 3.8) is 0 Å². The molecular formula is C14H24N4. The molecule has 0 aliphatic carbocycles. The van der Waals surface area contributed by atoms with Gasteiger partial charge >= 0.3 is 0 Å².